The molecule has 0 amide bonds. The maximum absolute atomic E-state index is 12.9. The number of Topliss-reactive ketones (excluding diaryl/α,β-unsaturated/α-hetero) is 1. The van der Waals surface area contributed by atoms with Gasteiger partial charge in [0.25, 0.3) is 0 Å². The number of hydrogen-bond acceptors (Lipinski definition) is 6. The molecule has 1 aliphatic heterocycles. The summed E-state index contributed by atoms with van der Waals surface area (Å²) in [6.07, 6.45) is -0.417. The van der Waals surface area contributed by atoms with Crippen LogP contribution in [0.1, 0.15) is 45.0 Å². The highest BCUT2D eigenvalue weighted by Gasteiger charge is 2.32. The van der Waals surface area contributed by atoms with Crippen LogP contribution in [0.5, 0.6) is 0 Å². The van der Waals surface area contributed by atoms with Crippen molar-refractivity contribution in [2.75, 3.05) is 19.7 Å². The number of ether oxygens (including phenoxy) is 2. The average molecular weight is 397 g/mol. The molecule has 1 fully saturated rings. The van der Waals surface area contributed by atoms with Gasteiger partial charge in [-0.2, -0.15) is 4.31 Å². The lowest BCUT2D eigenvalue weighted by Gasteiger charge is -2.34. The number of benzene rings is 1. The normalized spacial score (nSPS) is 21.7. The molecule has 27 heavy (non-hydrogen) atoms. The maximum atomic E-state index is 12.9. The SMILES string of the molecule is C[C@H]1CN(S(=O)(=O)c2cccc(C(=O)OCC(=O)C(C)(C)C)c2)C[C@H](C)O1. The molecule has 1 saturated heterocycles. The Morgan fingerprint density at radius 2 is 1.78 bits per heavy atom. The quantitative estimate of drug-likeness (QED) is 0.708. The van der Waals surface area contributed by atoms with Crippen LogP contribution in [0.15, 0.2) is 29.2 Å². The first-order valence-corrected chi connectivity index (χ1v) is 10.3. The molecule has 0 unspecified atom stereocenters. The van der Waals surface area contributed by atoms with E-state index in [1.54, 1.807) is 20.8 Å². The first-order chi connectivity index (χ1) is 12.4. The van der Waals surface area contributed by atoms with Gasteiger partial charge in [0.15, 0.2) is 12.4 Å². The van der Waals surface area contributed by atoms with Crippen LogP contribution >= 0.6 is 0 Å². The van der Waals surface area contributed by atoms with Crippen molar-refractivity contribution in [3.8, 4) is 0 Å². The van der Waals surface area contributed by atoms with E-state index in [2.05, 4.69) is 0 Å². The summed E-state index contributed by atoms with van der Waals surface area (Å²) in [6, 6.07) is 5.68. The fraction of sp³-hybridized carbons (Fsp3) is 0.579. The zero-order valence-corrected chi connectivity index (χ0v) is 17.2. The van der Waals surface area contributed by atoms with Gasteiger partial charge in [-0.15, -0.1) is 0 Å². The first-order valence-electron chi connectivity index (χ1n) is 8.87. The first kappa shape index (κ1) is 21.5. The Morgan fingerprint density at radius 3 is 2.33 bits per heavy atom. The van der Waals surface area contributed by atoms with Crippen LogP contribution in [0.25, 0.3) is 0 Å². The Labute approximate surface area is 160 Å². The highest BCUT2D eigenvalue weighted by molar-refractivity contribution is 7.89. The molecule has 150 valence electrons. The minimum absolute atomic E-state index is 0.0143. The number of hydrogen-bond donors (Lipinski definition) is 0. The summed E-state index contributed by atoms with van der Waals surface area (Å²) in [5.41, 5.74) is -0.526. The van der Waals surface area contributed by atoms with E-state index in [0.29, 0.717) is 0 Å². The van der Waals surface area contributed by atoms with E-state index in [-0.39, 0.29) is 48.1 Å². The fourth-order valence-corrected chi connectivity index (χ4v) is 4.33. The van der Waals surface area contributed by atoms with Gasteiger partial charge in [-0.25, -0.2) is 13.2 Å². The zero-order chi connectivity index (χ0) is 20.4. The Morgan fingerprint density at radius 1 is 1.19 bits per heavy atom. The lowest BCUT2D eigenvalue weighted by atomic mass is 9.91. The second-order valence-electron chi connectivity index (χ2n) is 7.86. The van der Waals surface area contributed by atoms with Gasteiger partial charge < -0.3 is 9.47 Å². The monoisotopic (exact) mass is 397 g/mol. The third-order valence-corrected chi connectivity index (χ3v) is 6.09. The van der Waals surface area contributed by atoms with Crippen molar-refractivity contribution in [3.63, 3.8) is 0 Å². The number of rotatable bonds is 5. The fourth-order valence-electron chi connectivity index (χ4n) is 2.69. The molecule has 1 aromatic carbocycles. The van der Waals surface area contributed by atoms with Crippen LogP contribution in [0.4, 0.5) is 0 Å². The number of morpholine rings is 1. The van der Waals surface area contributed by atoms with Crippen molar-refractivity contribution < 1.29 is 27.5 Å². The number of ketones is 1. The van der Waals surface area contributed by atoms with Crippen LogP contribution in [0, 0.1) is 5.41 Å². The topological polar surface area (TPSA) is 90.0 Å². The van der Waals surface area contributed by atoms with E-state index in [1.165, 1.54) is 28.6 Å². The third-order valence-electron chi connectivity index (χ3n) is 4.26. The molecule has 0 N–H and O–H groups in total. The van der Waals surface area contributed by atoms with Crippen LogP contribution in [0.2, 0.25) is 0 Å². The largest absolute Gasteiger partial charge is 0.454 e. The van der Waals surface area contributed by atoms with Crippen LogP contribution < -0.4 is 0 Å². The van der Waals surface area contributed by atoms with Crippen molar-refractivity contribution in [2.45, 2.75) is 51.7 Å². The van der Waals surface area contributed by atoms with E-state index in [9.17, 15) is 18.0 Å². The molecule has 0 radical (unpaired) electrons. The van der Waals surface area contributed by atoms with Gasteiger partial charge in [0.2, 0.25) is 10.0 Å². The van der Waals surface area contributed by atoms with E-state index in [1.807, 2.05) is 13.8 Å². The van der Waals surface area contributed by atoms with Crippen molar-refractivity contribution >= 4 is 21.8 Å². The Hall–Kier alpha value is -1.77. The predicted molar refractivity (Wildman–Crippen MR) is 100.0 cm³/mol. The lowest BCUT2D eigenvalue weighted by molar-refractivity contribution is -0.129. The summed E-state index contributed by atoms with van der Waals surface area (Å²) in [5, 5.41) is 0. The zero-order valence-electron chi connectivity index (χ0n) is 16.4. The molecule has 1 aliphatic rings. The van der Waals surface area contributed by atoms with Crippen LogP contribution in [0.3, 0.4) is 0 Å². The molecule has 2 rings (SSSR count). The van der Waals surface area contributed by atoms with E-state index in [0.717, 1.165) is 0 Å². The minimum atomic E-state index is -3.76. The lowest BCUT2D eigenvalue weighted by Crippen LogP contribution is -2.48. The summed E-state index contributed by atoms with van der Waals surface area (Å²) < 4.78 is 37.8. The van der Waals surface area contributed by atoms with Gasteiger partial charge in [0.05, 0.1) is 22.7 Å². The Kier molecular flexibility index (Phi) is 6.44. The molecular weight excluding hydrogens is 370 g/mol. The van der Waals surface area contributed by atoms with E-state index >= 15 is 0 Å². The van der Waals surface area contributed by atoms with Gasteiger partial charge in [-0.3, -0.25) is 4.79 Å². The van der Waals surface area contributed by atoms with Crippen molar-refractivity contribution in [1.29, 1.82) is 0 Å². The van der Waals surface area contributed by atoms with E-state index in [4.69, 9.17) is 9.47 Å². The smallest absolute Gasteiger partial charge is 0.338 e. The van der Waals surface area contributed by atoms with Crippen molar-refractivity contribution in [2.24, 2.45) is 5.41 Å². The Bertz CT molecular complexity index is 802. The third kappa shape index (κ3) is 5.37. The minimum Gasteiger partial charge on any atom is -0.454 e. The van der Waals surface area contributed by atoms with Gasteiger partial charge >= 0.3 is 5.97 Å². The van der Waals surface area contributed by atoms with Gasteiger partial charge in [0, 0.05) is 18.5 Å². The second kappa shape index (κ2) is 8.08. The molecular formula is C19H27NO6S. The predicted octanol–water partition coefficient (Wildman–Crippen LogP) is 2.26. The van der Waals surface area contributed by atoms with Crippen molar-refractivity contribution in [1.82, 2.24) is 4.31 Å². The number of nitrogens with zero attached hydrogens (tertiary/aromatic N) is 1. The summed E-state index contributed by atoms with van der Waals surface area (Å²) in [7, 11) is -3.76. The molecule has 0 aliphatic carbocycles. The van der Waals surface area contributed by atoms with Crippen LogP contribution in [-0.2, 0) is 24.3 Å². The highest BCUT2D eigenvalue weighted by Crippen LogP contribution is 2.22. The maximum Gasteiger partial charge on any atom is 0.338 e. The summed E-state index contributed by atoms with van der Waals surface area (Å²) in [5.74, 6) is -0.940. The number of carbonyl (C=O) groups excluding carboxylic acids is 2. The number of carbonyl (C=O) groups is 2. The van der Waals surface area contributed by atoms with E-state index < -0.39 is 21.4 Å². The molecule has 0 aromatic heterocycles. The van der Waals surface area contributed by atoms with Gasteiger partial charge in [-0.05, 0) is 32.0 Å². The molecule has 1 heterocycles. The number of esters is 1. The van der Waals surface area contributed by atoms with Crippen molar-refractivity contribution in [3.05, 3.63) is 29.8 Å². The molecule has 0 saturated carbocycles. The molecule has 2 atom stereocenters. The molecule has 1 aromatic rings. The Balaban J connectivity index is 2.16. The molecule has 0 bridgehead atoms. The summed E-state index contributed by atoms with van der Waals surface area (Å²) >= 11 is 0. The summed E-state index contributed by atoms with van der Waals surface area (Å²) in [6.45, 7) is 9.00. The second-order valence-corrected chi connectivity index (χ2v) is 9.79. The highest BCUT2D eigenvalue weighted by atomic mass is 32.2. The van der Waals surface area contributed by atoms with Crippen LogP contribution in [-0.4, -0.2) is 56.4 Å². The molecule has 0 spiro atoms. The number of sulfonamides is 1. The average Bonchev–Trinajstić information content (AvgIpc) is 2.57. The van der Waals surface area contributed by atoms with Gasteiger partial charge in [-0.1, -0.05) is 26.8 Å². The molecule has 7 nitrogen and oxygen atoms in total. The standard InChI is InChI=1S/C19H27NO6S/c1-13-10-20(11-14(2)26-13)27(23,24)16-8-6-7-15(9-16)18(22)25-12-17(21)19(3,4)5/h6-9,13-14H,10-12H2,1-5H3/t13-,14-/m0/s1. The van der Waals surface area contributed by atoms with Gasteiger partial charge in [0.1, 0.15) is 0 Å². The molecule has 8 heteroatoms. The summed E-state index contributed by atoms with van der Waals surface area (Å²) in [4.78, 5) is 24.1.